The van der Waals surface area contributed by atoms with E-state index < -0.39 is 0 Å². The molecule has 0 fully saturated rings. The van der Waals surface area contributed by atoms with Gasteiger partial charge in [-0.2, -0.15) is 0 Å². The smallest absolute Gasteiger partial charge is 0.137 e. The van der Waals surface area contributed by atoms with Crippen LogP contribution < -0.4 is 4.74 Å². The van der Waals surface area contributed by atoms with Crippen LogP contribution in [0.3, 0.4) is 0 Å². The average Bonchev–Trinajstić information content (AvgIpc) is 2.54. The third-order valence-corrected chi connectivity index (χ3v) is 4.25. The van der Waals surface area contributed by atoms with Crippen LogP contribution in [0.25, 0.3) is 0 Å². The molecule has 1 aromatic heterocycles. The van der Waals surface area contributed by atoms with E-state index in [0.29, 0.717) is 12.8 Å². The molecule has 0 saturated heterocycles. The lowest BCUT2D eigenvalue weighted by Gasteiger charge is -2.19. The maximum Gasteiger partial charge on any atom is 0.137 e. The van der Waals surface area contributed by atoms with Crippen molar-refractivity contribution in [3.8, 4) is 5.75 Å². The van der Waals surface area contributed by atoms with Crippen molar-refractivity contribution in [3.05, 3.63) is 59.4 Å². The fraction of sp³-hybridized carbons (Fsp3) is 0.429. The fourth-order valence-electron chi connectivity index (χ4n) is 2.67. The zero-order valence-corrected chi connectivity index (χ0v) is 15.3. The SMILES string of the molecule is COc1ccc([C@@H](C)CC(=O)Cc2ccc(C(C)(C)C)cc2)nc1. The second-order valence-electron chi connectivity index (χ2n) is 7.39. The molecular formula is C21H27NO2. The van der Waals surface area contributed by atoms with Gasteiger partial charge in [0.25, 0.3) is 0 Å². The Morgan fingerprint density at radius 3 is 2.29 bits per heavy atom. The minimum atomic E-state index is 0.109. The molecule has 0 aliphatic heterocycles. The largest absolute Gasteiger partial charge is 0.495 e. The summed E-state index contributed by atoms with van der Waals surface area (Å²) in [5.74, 6) is 1.08. The van der Waals surface area contributed by atoms with E-state index in [1.54, 1.807) is 13.3 Å². The summed E-state index contributed by atoms with van der Waals surface area (Å²) in [6.45, 7) is 8.61. The first kappa shape index (κ1) is 18.2. The van der Waals surface area contributed by atoms with Gasteiger partial charge in [0.05, 0.1) is 13.3 Å². The van der Waals surface area contributed by atoms with E-state index >= 15 is 0 Å². The number of Topliss-reactive ketones (excluding diaryl/α,β-unsaturated/α-hetero) is 1. The predicted octanol–water partition coefficient (Wildman–Crippen LogP) is 4.69. The number of hydrogen-bond acceptors (Lipinski definition) is 3. The number of rotatable bonds is 6. The van der Waals surface area contributed by atoms with Gasteiger partial charge in [0, 0.05) is 24.5 Å². The molecule has 0 N–H and O–H groups in total. The van der Waals surface area contributed by atoms with E-state index in [1.165, 1.54) is 5.56 Å². The highest BCUT2D eigenvalue weighted by molar-refractivity contribution is 5.81. The number of aromatic nitrogens is 1. The van der Waals surface area contributed by atoms with Crippen LogP contribution in [0.5, 0.6) is 5.75 Å². The van der Waals surface area contributed by atoms with Crippen LogP contribution in [-0.2, 0) is 16.6 Å². The molecule has 0 spiro atoms. The van der Waals surface area contributed by atoms with Crippen molar-refractivity contribution in [1.82, 2.24) is 4.98 Å². The summed E-state index contributed by atoms with van der Waals surface area (Å²) in [6, 6.07) is 12.2. The molecule has 1 atom stereocenters. The van der Waals surface area contributed by atoms with Crippen molar-refractivity contribution in [3.63, 3.8) is 0 Å². The summed E-state index contributed by atoms with van der Waals surface area (Å²) in [4.78, 5) is 16.7. The number of nitrogens with zero attached hydrogens (tertiary/aromatic N) is 1. The zero-order valence-electron chi connectivity index (χ0n) is 15.3. The van der Waals surface area contributed by atoms with Gasteiger partial charge >= 0.3 is 0 Å². The molecule has 2 rings (SSSR count). The number of hydrogen-bond donors (Lipinski definition) is 0. The van der Waals surface area contributed by atoms with E-state index in [2.05, 4.69) is 50.0 Å². The summed E-state index contributed by atoms with van der Waals surface area (Å²) >= 11 is 0. The van der Waals surface area contributed by atoms with Crippen molar-refractivity contribution in [1.29, 1.82) is 0 Å². The molecule has 0 bridgehead atoms. The van der Waals surface area contributed by atoms with Crippen LogP contribution in [0.15, 0.2) is 42.6 Å². The number of ketones is 1. The van der Waals surface area contributed by atoms with Crippen LogP contribution in [0.2, 0.25) is 0 Å². The van der Waals surface area contributed by atoms with Crippen LogP contribution in [0.1, 0.15) is 56.9 Å². The number of methoxy groups -OCH3 is 1. The number of benzene rings is 1. The quantitative estimate of drug-likeness (QED) is 0.773. The van der Waals surface area contributed by atoms with Crippen LogP contribution >= 0.6 is 0 Å². The lowest BCUT2D eigenvalue weighted by atomic mass is 9.86. The van der Waals surface area contributed by atoms with E-state index in [0.717, 1.165) is 17.0 Å². The zero-order chi connectivity index (χ0) is 17.7. The van der Waals surface area contributed by atoms with Gasteiger partial charge in [0.2, 0.25) is 0 Å². The van der Waals surface area contributed by atoms with E-state index in [9.17, 15) is 4.79 Å². The maximum absolute atomic E-state index is 12.3. The van der Waals surface area contributed by atoms with Gasteiger partial charge in [-0.3, -0.25) is 9.78 Å². The summed E-state index contributed by atoms with van der Waals surface area (Å²) in [6.07, 6.45) is 2.67. The maximum atomic E-state index is 12.3. The Morgan fingerprint density at radius 2 is 1.79 bits per heavy atom. The highest BCUT2D eigenvalue weighted by Crippen LogP contribution is 2.23. The minimum absolute atomic E-state index is 0.109. The van der Waals surface area contributed by atoms with Crippen molar-refractivity contribution in [2.24, 2.45) is 0 Å². The van der Waals surface area contributed by atoms with Crippen LogP contribution in [-0.4, -0.2) is 17.9 Å². The van der Waals surface area contributed by atoms with Gasteiger partial charge < -0.3 is 4.74 Å². The molecule has 0 saturated carbocycles. The predicted molar refractivity (Wildman–Crippen MR) is 97.7 cm³/mol. The molecule has 3 heteroatoms. The van der Waals surface area contributed by atoms with Gasteiger partial charge in [-0.05, 0) is 28.7 Å². The molecular weight excluding hydrogens is 298 g/mol. The standard InChI is InChI=1S/C21H27NO2/c1-15(20-11-10-19(24-5)14-22-20)12-18(23)13-16-6-8-17(9-7-16)21(2,3)4/h6-11,14-15H,12-13H2,1-5H3/t15-/m0/s1. The first-order valence-electron chi connectivity index (χ1n) is 8.40. The Morgan fingerprint density at radius 1 is 1.12 bits per heavy atom. The Balaban J connectivity index is 1.94. The number of carbonyl (C=O) groups excluding carboxylic acids is 1. The van der Waals surface area contributed by atoms with Gasteiger partial charge in [-0.25, -0.2) is 0 Å². The third-order valence-electron chi connectivity index (χ3n) is 4.25. The molecule has 128 valence electrons. The molecule has 24 heavy (non-hydrogen) atoms. The average molecular weight is 325 g/mol. The monoisotopic (exact) mass is 325 g/mol. The number of pyridine rings is 1. The molecule has 0 radical (unpaired) electrons. The van der Waals surface area contributed by atoms with Gasteiger partial charge in [0.1, 0.15) is 11.5 Å². The summed E-state index contributed by atoms with van der Waals surface area (Å²) in [7, 11) is 1.62. The van der Waals surface area contributed by atoms with Gasteiger partial charge in [-0.15, -0.1) is 0 Å². The molecule has 3 nitrogen and oxygen atoms in total. The molecule has 2 aromatic rings. The molecule has 1 heterocycles. The molecule has 0 unspecified atom stereocenters. The van der Waals surface area contributed by atoms with E-state index in [1.807, 2.05) is 19.1 Å². The van der Waals surface area contributed by atoms with Crippen LogP contribution in [0, 0.1) is 0 Å². The van der Waals surface area contributed by atoms with Crippen molar-refractivity contribution in [2.45, 2.75) is 51.9 Å². The normalized spacial score (nSPS) is 12.7. The fourth-order valence-corrected chi connectivity index (χ4v) is 2.67. The Hall–Kier alpha value is -2.16. The molecule has 0 amide bonds. The topological polar surface area (TPSA) is 39.2 Å². The van der Waals surface area contributed by atoms with Crippen molar-refractivity contribution in [2.75, 3.05) is 7.11 Å². The minimum Gasteiger partial charge on any atom is -0.495 e. The van der Waals surface area contributed by atoms with Gasteiger partial charge in [0.15, 0.2) is 0 Å². The molecule has 1 aromatic carbocycles. The highest BCUT2D eigenvalue weighted by Gasteiger charge is 2.15. The summed E-state index contributed by atoms with van der Waals surface area (Å²) in [5, 5.41) is 0. The number of ether oxygens (including phenoxy) is 1. The summed E-state index contributed by atoms with van der Waals surface area (Å²) in [5.41, 5.74) is 3.42. The second kappa shape index (κ2) is 7.61. The van der Waals surface area contributed by atoms with E-state index in [4.69, 9.17) is 4.74 Å². The van der Waals surface area contributed by atoms with Gasteiger partial charge in [-0.1, -0.05) is 52.0 Å². The Labute approximate surface area is 145 Å². The van der Waals surface area contributed by atoms with Crippen molar-refractivity contribution < 1.29 is 9.53 Å². The molecule has 0 aliphatic rings. The second-order valence-corrected chi connectivity index (χ2v) is 7.39. The lowest BCUT2D eigenvalue weighted by molar-refractivity contribution is -0.118. The third kappa shape index (κ3) is 4.92. The summed E-state index contributed by atoms with van der Waals surface area (Å²) < 4.78 is 5.11. The van der Waals surface area contributed by atoms with Crippen molar-refractivity contribution >= 4 is 5.78 Å². The number of carbonyl (C=O) groups is 1. The highest BCUT2D eigenvalue weighted by atomic mass is 16.5. The van der Waals surface area contributed by atoms with E-state index in [-0.39, 0.29) is 17.1 Å². The first-order valence-corrected chi connectivity index (χ1v) is 8.40. The first-order chi connectivity index (χ1) is 11.3. The Bertz CT molecular complexity index is 666. The van der Waals surface area contributed by atoms with Crippen LogP contribution in [0.4, 0.5) is 0 Å². The molecule has 0 aliphatic carbocycles. The Kier molecular flexibility index (Phi) is 5.76. The lowest BCUT2D eigenvalue weighted by Crippen LogP contribution is -2.12.